The zero-order chi connectivity index (χ0) is 70.7. The number of nitrogens with zero attached hydrogens (tertiary/aromatic N) is 4. The molecule has 0 spiro atoms. The molecule has 23 aromatic rings. The molecule has 0 fully saturated rings. The van der Waals surface area contributed by atoms with Crippen LogP contribution in [0, 0.1) is 0 Å². The summed E-state index contributed by atoms with van der Waals surface area (Å²) in [7, 11) is 0. The monoisotopic (exact) mass is 1410 g/mol. The molecule has 6 heteroatoms. The molecule has 0 bridgehead atoms. The van der Waals surface area contributed by atoms with E-state index in [0.29, 0.717) is 0 Å². The lowest BCUT2D eigenvalue weighted by molar-refractivity contribution is 1.18. The number of fused-ring (bicyclic) bond motifs is 18. The third-order valence-corrected chi connectivity index (χ3v) is 25.2. The largest absolute Gasteiger partial charge is 0.309 e. The summed E-state index contributed by atoms with van der Waals surface area (Å²) in [4.78, 5) is 0. The summed E-state index contributed by atoms with van der Waals surface area (Å²) < 4.78 is 15.0. The summed E-state index contributed by atoms with van der Waals surface area (Å²) in [5.41, 5.74) is 28.5. The molecule has 0 N–H and O–H groups in total. The van der Waals surface area contributed by atoms with Crippen molar-refractivity contribution in [1.82, 2.24) is 18.3 Å². The molecule has 0 atom stereocenters. The van der Waals surface area contributed by atoms with E-state index in [4.69, 9.17) is 0 Å². The fraction of sp³-hybridized carbons (Fsp3) is 0. The molecular formula is C102H62N4S2. The van der Waals surface area contributed by atoms with Crippen molar-refractivity contribution >= 4 is 150 Å². The predicted molar refractivity (Wildman–Crippen MR) is 462 cm³/mol. The first kappa shape index (κ1) is 60.8. The minimum Gasteiger partial charge on any atom is -0.309 e. The number of hydrogen-bond donors (Lipinski definition) is 0. The smallest absolute Gasteiger partial charge is 0.0547 e. The summed E-state index contributed by atoms with van der Waals surface area (Å²) in [5, 5.41) is 14.9. The summed E-state index contributed by atoms with van der Waals surface area (Å²) >= 11 is 3.78. The molecule has 23 rings (SSSR count). The van der Waals surface area contributed by atoms with Gasteiger partial charge in [0, 0.05) is 117 Å². The van der Waals surface area contributed by atoms with Gasteiger partial charge in [-0.1, -0.05) is 249 Å². The molecular weight excluding hydrogens is 1350 g/mol. The van der Waals surface area contributed by atoms with Crippen molar-refractivity contribution in [3.05, 3.63) is 376 Å². The third kappa shape index (κ3) is 9.28. The minimum absolute atomic E-state index is 1.12. The van der Waals surface area contributed by atoms with E-state index in [1.165, 1.54) is 194 Å². The van der Waals surface area contributed by atoms with Crippen LogP contribution >= 0.6 is 22.7 Å². The van der Waals surface area contributed by atoms with E-state index in [9.17, 15) is 0 Å². The first-order chi connectivity index (χ1) is 53.6. The zero-order valence-corrected chi connectivity index (χ0v) is 60.0. The number of rotatable bonds is 10. The van der Waals surface area contributed by atoms with Gasteiger partial charge in [0.15, 0.2) is 0 Å². The Labute approximate surface area is 629 Å². The summed E-state index contributed by atoms with van der Waals surface area (Å²) in [6.07, 6.45) is 0. The molecule has 0 saturated carbocycles. The molecule has 0 radical (unpaired) electrons. The lowest BCUT2D eigenvalue weighted by atomic mass is 9.97. The molecule has 0 saturated heterocycles. The highest BCUT2D eigenvalue weighted by molar-refractivity contribution is 7.26. The van der Waals surface area contributed by atoms with Gasteiger partial charge in [0.2, 0.25) is 0 Å². The van der Waals surface area contributed by atoms with Gasteiger partial charge in [-0.3, -0.25) is 0 Å². The Balaban J connectivity index is 0.641. The Kier molecular flexibility index (Phi) is 13.5. The van der Waals surface area contributed by atoms with Crippen molar-refractivity contribution in [3.8, 4) is 89.5 Å². The zero-order valence-electron chi connectivity index (χ0n) is 58.4. The van der Waals surface area contributed by atoms with Crippen LogP contribution in [0.1, 0.15) is 0 Å². The maximum Gasteiger partial charge on any atom is 0.0547 e. The molecule has 108 heavy (non-hydrogen) atoms. The van der Waals surface area contributed by atoms with Crippen molar-refractivity contribution in [2.24, 2.45) is 0 Å². The average molecular weight is 1410 g/mol. The van der Waals surface area contributed by atoms with Crippen LogP contribution in [0.15, 0.2) is 376 Å². The number of hydrogen-bond acceptors (Lipinski definition) is 2. The predicted octanol–water partition coefficient (Wildman–Crippen LogP) is 28.8. The van der Waals surface area contributed by atoms with Gasteiger partial charge >= 0.3 is 0 Å². The second-order valence-electron chi connectivity index (χ2n) is 28.6. The van der Waals surface area contributed by atoms with E-state index in [1.807, 2.05) is 22.7 Å². The van der Waals surface area contributed by atoms with Crippen molar-refractivity contribution in [3.63, 3.8) is 0 Å². The number of thiophene rings is 2. The van der Waals surface area contributed by atoms with Gasteiger partial charge in [0.1, 0.15) is 0 Å². The average Bonchev–Trinajstić information content (AvgIpc) is 1.57. The summed E-state index contributed by atoms with van der Waals surface area (Å²) in [5.74, 6) is 0. The molecule has 0 aliphatic heterocycles. The Hall–Kier alpha value is -13.6. The molecule has 0 aliphatic carbocycles. The van der Waals surface area contributed by atoms with Gasteiger partial charge in [-0.15, -0.1) is 22.7 Å². The van der Waals surface area contributed by atoms with Gasteiger partial charge in [-0.25, -0.2) is 0 Å². The van der Waals surface area contributed by atoms with Crippen LogP contribution in [0.25, 0.3) is 217 Å². The number of benzene rings is 17. The highest BCUT2D eigenvalue weighted by atomic mass is 32.1. The highest BCUT2D eigenvalue weighted by Gasteiger charge is 2.25. The van der Waals surface area contributed by atoms with Gasteiger partial charge in [-0.2, -0.15) is 0 Å². The standard InChI is InChI=1S/C102H62N4S2/c1-4-22-63(23-5-1)64-42-44-67(45-43-64)83-60-74(106-90-36-16-11-29-78(90)85-57-69(49-54-94(85)106)75-33-20-39-95-99(75)80-31-12-17-37-91(80)103(95)71-26-8-3-9-27-71)62-88-86-56-68(50-55-98(86)108-102(83)88)65-46-51-72(52-47-65)104-92-38-18-13-32-81(92)100-76(34-21-40-96(100)104)70-48-53-93-84(58-70)77-28-10-15-35-89(77)105(93)73-59-82(66-24-6-2-7-25-66)101-87(61-73)79-30-14-19-41-97(79)107-101/h1-62H. The molecule has 0 amide bonds. The molecule has 6 aromatic heterocycles. The summed E-state index contributed by atoms with van der Waals surface area (Å²) in [6.45, 7) is 0. The molecule has 0 aliphatic rings. The molecule has 0 unspecified atom stereocenters. The van der Waals surface area contributed by atoms with Crippen molar-refractivity contribution in [2.75, 3.05) is 0 Å². The number of para-hydroxylation sites is 5. The van der Waals surface area contributed by atoms with Gasteiger partial charge in [0.05, 0.1) is 44.1 Å². The van der Waals surface area contributed by atoms with Crippen molar-refractivity contribution < 1.29 is 0 Å². The van der Waals surface area contributed by atoms with E-state index < -0.39 is 0 Å². The molecule has 4 nitrogen and oxygen atoms in total. The van der Waals surface area contributed by atoms with Crippen molar-refractivity contribution in [1.29, 1.82) is 0 Å². The maximum absolute atomic E-state index is 2.51. The van der Waals surface area contributed by atoms with E-state index in [0.717, 1.165) is 22.7 Å². The van der Waals surface area contributed by atoms with Crippen LogP contribution < -0.4 is 0 Å². The van der Waals surface area contributed by atoms with E-state index in [-0.39, 0.29) is 0 Å². The van der Waals surface area contributed by atoms with E-state index >= 15 is 0 Å². The molecule has 502 valence electrons. The lowest BCUT2D eigenvalue weighted by Crippen LogP contribution is -1.95. The Morgan fingerprint density at radius 1 is 0.157 bits per heavy atom. The van der Waals surface area contributed by atoms with E-state index in [1.54, 1.807) is 0 Å². The van der Waals surface area contributed by atoms with Crippen LogP contribution in [0.4, 0.5) is 0 Å². The maximum atomic E-state index is 2.51. The Morgan fingerprint density at radius 3 is 1.05 bits per heavy atom. The van der Waals surface area contributed by atoms with Crippen LogP contribution in [0.5, 0.6) is 0 Å². The van der Waals surface area contributed by atoms with Crippen molar-refractivity contribution in [2.45, 2.75) is 0 Å². The fourth-order valence-electron chi connectivity index (χ4n) is 17.9. The van der Waals surface area contributed by atoms with Gasteiger partial charge < -0.3 is 18.3 Å². The Morgan fingerprint density at radius 2 is 0.500 bits per heavy atom. The van der Waals surface area contributed by atoms with Gasteiger partial charge in [0.25, 0.3) is 0 Å². The number of aromatic nitrogens is 4. The van der Waals surface area contributed by atoms with Gasteiger partial charge in [-0.05, 0) is 183 Å². The Bertz CT molecular complexity index is 7640. The quantitative estimate of drug-likeness (QED) is 0.130. The van der Waals surface area contributed by atoms with Crippen LogP contribution in [-0.2, 0) is 0 Å². The first-order valence-corrected chi connectivity index (χ1v) is 38.7. The third-order valence-electron chi connectivity index (χ3n) is 22.8. The molecule has 17 aromatic carbocycles. The lowest BCUT2D eigenvalue weighted by Gasteiger charge is -2.13. The first-order valence-electron chi connectivity index (χ1n) is 37.0. The molecule has 6 heterocycles. The fourth-order valence-corrected chi connectivity index (χ4v) is 20.3. The normalized spacial score (nSPS) is 12.1. The second kappa shape index (κ2) is 24.0. The highest BCUT2D eigenvalue weighted by Crippen LogP contribution is 2.49. The minimum atomic E-state index is 1.12. The summed E-state index contributed by atoms with van der Waals surface area (Å²) in [6, 6.07) is 140. The topological polar surface area (TPSA) is 19.7 Å². The van der Waals surface area contributed by atoms with Crippen LogP contribution in [0.2, 0.25) is 0 Å². The van der Waals surface area contributed by atoms with E-state index in [2.05, 4.69) is 394 Å². The SMILES string of the molecule is c1ccc(-c2ccc(-c3cc(-n4c5ccccc5c5cc(-c6cccc7c6c6ccccc6n7-c6ccccc6)ccc54)cc4c3sc3ccc(-c5ccc(-n6c7ccccc7c7c(-c8ccc9c(c8)c8ccccc8n9-c8cc(-c9ccccc9)c9sc%10ccccc%10c9c8)cccc76)cc5)cc34)cc2)cc1. The van der Waals surface area contributed by atoms with Crippen LogP contribution in [-0.4, -0.2) is 18.3 Å². The van der Waals surface area contributed by atoms with Crippen LogP contribution in [0.3, 0.4) is 0 Å². The second-order valence-corrected chi connectivity index (χ2v) is 30.7.